The number of carboxylic acids is 1. The van der Waals surface area contributed by atoms with Gasteiger partial charge in [0.15, 0.2) is 0 Å². The molecule has 0 spiro atoms. The van der Waals surface area contributed by atoms with E-state index in [1.807, 2.05) is 49.4 Å². The van der Waals surface area contributed by atoms with Crippen LogP contribution >= 0.6 is 0 Å². The van der Waals surface area contributed by atoms with E-state index < -0.39 is 11.9 Å². The summed E-state index contributed by atoms with van der Waals surface area (Å²) < 4.78 is 0. The normalized spacial score (nSPS) is 11.7. The van der Waals surface area contributed by atoms with Crippen LogP contribution in [0.25, 0.3) is 0 Å². The molecule has 0 aromatic heterocycles. The van der Waals surface area contributed by atoms with E-state index in [4.69, 9.17) is 5.11 Å². The van der Waals surface area contributed by atoms with Crippen LogP contribution in [0.5, 0.6) is 0 Å². The van der Waals surface area contributed by atoms with Gasteiger partial charge in [-0.25, -0.2) is 0 Å². The minimum absolute atomic E-state index is 0.188. The van der Waals surface area contributed by atoms with E-state index in [9.17, 15) is 9.59 Å². The Hall–Kier alpha value is -2.62. The highest BCUT2D eigenvalue weighted by Gasteiger charge is 2.22. The van der Waals surface area contributed by atoms with E-state index in [1.165, 1.54) is 0 Å². The predicted octanol–water partition coefficient (Wildman–Crippen LogP) is 3.27. The van der Waals surface area contributed by atoms with Crippen LogP contribution in [0.4, 0.5) is 5.69 Å². The van der Waals surface area contributed by atoms with Crippen LogP contribution in [0.2, 0.25) is 0 Å². The maximum absolute atomic E-state index is 12.3. The number of hydrogen-bond acceptors (Lipinski definition) is 2. The van der Waals surface area contributed by atoms with Gasteiger partial charge in [-0.2, -0.15) is 0 Å². The van der Waals surface area contributed by atoms with Crippen LogP contribution in [0.15, 0.2) is 54.6 Å². The maximum atomic E-state index is 12.3. The number of carbonyl (C=O) groups is 2. The first-order valence-corrected chi connectivity index (χ1v) is 7.18. The van der Waals surface area contributed by atoms with Crippen LogP contribution in [0.3, 0.4) is 0 Å². The highest BCUT2D eigenvalue weighted by molar-refractivity contribution is 5.94. The van der Waals surface area contributed by atoms with Crippen molar-refractivity contribution in [1.29, 1.82) is 0 Å². The van der Waals surface area contributed by atoms with Crippen molar-refractivity contribution in [3.05, 3.63) is 65.7 Å². The van der Waals surface area contributed by atoms with Crippen molar-refractivity contribution in [2.75, 3.05) is 5.32 Å². The molecule has 2 aromatic rings. The van der Waals surface area contributed by atoms with Crippen LogP contribution < -0.4 is 5.32 Å². The lowest BCUT2D eigenvalue weighted by atomic mass is 9.94. The Balaban J connectivity index is 2.09. The number of aliphatic carboxylic acids is 1. The van der Waals surface area contributed by atoms with Gasteiger partial charge in [0, 0.05) is 5.69 Å². The maximum Gasteiger partial charge on any atom is 0.304 e. The molecule has 2 aromatic carbocycles. The fourth-order valence-electron chi connectivity index (χ4n) is 2.24. The first kappa shape index (κ1) is 15.8. The number of carbonyl (C=O) groups excluding carboxylic acids is 1. The molecular weight excluding hydrogens is 278 g/mol. The summed E-state index contributed by atoms with van der Waals surface area (Å²) >= 11 is 0. The smallest absolute Gasteiger partial charge is 0.304 e. The second-order valence-electron chi connectivity index (χ2n) is 5.34. The first-order valence-electron chi connectivity index (χ1n) is 7.18. The lowest BCUT2D eigenvalue weighted by molar-refractivity contribution is -0.140. The largest absolute Gasteiger partial charge is 0.481 e. The number of benzene rings is 2. The molecule has 0 saturated heterocycles. The van der Waals surface area contributed by atoms with Crippen molar-refractivity contribution >= 4 is 17.6 Å². The van der Waals surface area contributed by atoms with Crippen molar-refractivity contribution in [1.82, 2.24) is 0 Å². The third-order valence-corrected chi connectivity index (χ3v) is 3.44. The molecule has 1 atom stereocenters. The zero-order valence-electron chi connectivity index (χ0n) is 12.5. The average molecular weight is 297 g/mol. The number of hydrogen-bond donors (Lipinski definition) is 2. The highest BCUT2D eigenvalue weighted by Crippen LogP contribution is 2.16. The zero-order valence-corrected chi connectivity index (χ0v) is 12.5. The van der Waals surface area contributed by atoms with Gasteiger partial charge in [-0.05, 0) is 31.0 Å². The first-order chi connectivity index (χ1) is 10.5. The lowest BCUT2D eigenvalue weighted by Gasteiger charge is -2.15. The fourth-order valence-corrected chi connectivity index (χ4v) is 2.24. The minimum atomic E-state index is -0.972. The molecule has 2 rings (SSSR count). The van der Waals surface area contributed by atoms with Gasteiger partial charge < -0.3 is 10.4 Å². The molecule has 22 heavy (non-hydrogen) atoms. The Labute approximate surface area is 129 Å². The lowest BCUT2D eigenvalue weighted by Crippen LogP contribution is -2.27. The molecule has 0 aliphatic carbocycles. The molecule has 0 radical (unpaired) electrons. The molecule has 0 fully saturated rings. The summed E-state index contributed by atoms with van der Waals surface area (Å²) in [7, 11) is 0. The van der Waals surface area contributed by atoms with Crippen molar-refractivity contribution in [3.63, 3.8) is 0 Å². The molecule has 0 bridgehead atoms. The van der Waals surface area contributed by atoms with Crippen molar-refractivity contribution in [2.45, 2.75) is 19.8 Å². The monoisotopic (exact) mass is 297 g/mol. The Kier molecular flexibility index (Phi) is 5.31. The highest BCUT2D eigenvalue weighted by atomic mass is 16.4. The minimum Gasteiger partial charge on any atom is -0.481 e. The Morgan fingerprint density at radius 2 is 1.68 bits per heavy atom. The Bertz CT molecular complexity index is 635. The molecule has 114 valence electrons. The Morgan fingerprint density at radius 3 is 2.27 bits per heavy atom. The molecule has 0 heterocycles. The third-order valence-electron chi connectivity index (χ3n) is 3.44. The summed E-state index contributed by atoms with van der Waals surface area (Å²) in [5.41, 5.74) is 2.76. The standard InChI is InChI=1S/C18H19NO3/c1-13-7-9-14(10-8-13)11-15(12-17(20)21)18(22)19-16-5-3-2-4-6-16/h2-10,15H,11-12H2,1H3,(H,19,22)(H,20,21)/t15-/m0/s1. The van der Waals surface area contributed by atoms with Gasteiger partial charge in [-0.1, -0.05) is 48.0 Å². The van der Waals surface area contributed by atoms with Gasteiger partial charge in [0.25, 0.3) is 0 Å². The molecule has 4 nitrogen and oxygen atoms in total. The average Bonchev–Trinajstić information content (AvgIpc) is 2.49. The number of anilines is 1. The van der Waals surface area contributed by atoms with Crippen LogP contribution in [-0.2, 0) is 16.0 Å². The quantitative estimate of drug-likeness (QED) is 0.860. The molecule has 0 aliphatic heterocycles. The summed E-state index contributed by atoms with van der Waals surface area (Å²) in [6, 6.07) is 16.8. The fraction of sp³-hybridized carbons (Fsp3) is 0.222. The number of amides is 1. The van der Waals surface area contributed by atoms with Crippen LogP contribution in [0.1, 0.15) is 17.5 Å². The molecule has 0 unspecified atom stereocenters. The van der Waals surface area contributed by atoms with Crippen LogP contribution in [0, 0.1) is 12.8 Å². The van der Waals surface area contributed by atoms with Gasteiger partial charge in [0.2, 0.25) is 5.91 Å². The summed E-state index contributed by atoms with van der Waals surface area (Å²) in [5.74, 6) is -1.84. The van der Waals surface area contributed by atoms with E-state index >= 15 is 0 Å². The van der Waals surface area contributed by atoms with E-state index in [-0.39, 0.29) is 12.3 Å². The van der Waals surface area contributed by atoms with E-state index in [1.54, 1.807) is 12.1 Å². The number of rotatable bonds is 6. The second kappa shape index (κ2) is 7.41. The number of para-hydroxylation sites is 1. The summed E-state index contributed by atoms with van der Waals surface area (Å²) in [6.07, 6.45) is 0.220. The molecular formula is C18H19NO3. The van der Waals surface area contributed by atoms with Gasteiger partial charge in [-0.3, -0.25) is 9.59 Å². The number of aryl methyl sites for hydroxylation is 1. The van der Waals surface area contributed by atoms with Gasteiger partial charge >= 0.3 is 5.97 Å². The van der Waals surface area contributed by atoms with Crippen LogP contribution in [-0.4, -0.2) is 17.0 Å². The van der Waals surface area contributed by atoms with Crippen molar-refractivity contribution in [2.24, 2.45) is 5.92 Å². The van der Waals surface area contributed by atoms with Gasteiger partial charge in [-0.15, -0.1) is 0 Å². The molecule has 4 heteroatoms. The number of nitrogens with one attached hydrogen (secondary N) is 1. The van der Waals surface area contributed by atoms with E-state index in [2.05, 4.69) is 5.32 Å². The molecule has 2 N–H and O–H groups in total. The predicted molar refractivity (Wildman–Crippen MR) is 85.7 cm³/mol. The van der Waals surface area contributed by atoms with Gasteiger partial charge in [0.05, 0.1) is 12.3 Å². The van der Waals surface area contributed by atoms with E-state index in [0.29, 0.717) is 12.1 Å². The molecule has 0 saturated carbocycles. The third kappa shape index (κ3) is 4.74. The van der Waals surface area contributed by atoms with Gasteiger partial charge in [0.1, 0.15) is 0 Å². The summed E-state index contributed by atoms with van der Waals surface area (Å²) in [6.45, 7) is 1.99. The zero-order chi connectivity index (χ0) is 15.9. The van der Waals surface area contributed by atoms with Crippen molar-refractivity contribution < 1.29 is 14.7 Å². The Morgan fingerprint density at radius 1 is 1.05 bits per heavy atom. The second-order valence-corrected chi connectivity index (χ2v) is 5.34. The topological polar surface area (TPSA) is 66.4 Å². The van der Waals surface area contributed by atoms with E-state index in [0.717, 1.165) is 11.1 Å². The molecule has 1 amide bonds. The summed E-state index contributed by atoms with van der Waals surface area (Å²) in [5, 5.41) is 11.8. The number of carboxylic acid groups (broad SMARTS) is 1. The molecule has 0 aliphatic rings. The summed E-state index contributed by atoms with van der Waals surface area (Å²) in [4.78, 5) is 23.4. The SMILES string of the molecule is Cc1ccc(C[C@@H](CC(=O)O)C(=O)Nc2ccccc2)cc1. The van der Waals surface area contributed by atoms with Crippen molar-refractivity contribution in [3.8, 4) is 0 Å².